The summed E-state index contributed by atoms with van der Waals surface area (Å²) in [5, 5.41) is 8.92. The molecular formula is C14H10ClN3S. The second kappa shape index (κ2) is 5.04. The van der Waals surface area contributed by atoms with Crippen molar-refractivity contribution in [1.82, 2.24) is 9.55 Å². The minimum absolute atomic E-state index is 0.313. The lowest BCUT2D eigenvalue weighted by molar-refractivity contribution is 0.779. The summed E-state index contributed by atoms with van der Waals surface area (Å²) in [5.74, 6) is 0.799. The summed E-state index contributed by atoms with van der Waals surface area (Å²) in [6, 6.07) is 14.0. The van der Waals surface area contributed by atoms with Gasteiger partial charge < -0.3 is 4.57 Å². The second-order valence-corrected chi connectivity index (χ2v) is 5.94. The van der Waals surface area contributed by atoms with E-state index in [1.165, 1.54) is 0 Å². The van der Waals surface area contributed by atoms with Crippen LogP contribution in [-0.4, -0.2) is 9.55 Å². The van der Waals surface area contributed by atoms with Gasteiger partial charge in [0.15, 0.2) is 0 Å². The first-order valence-corrected chi connectivity index (χ1v) is 7.02. The van der Waals surface area contributed by atoms with Crippen LogP contribution in [0.1, 0.15) is 10.7 Å². The fourth-order valence-electron chi connectivity index (χ4n) is 2.10. The van der Waals surface area contributed by atoms with Gasteiger partial charge in [-0.15, -0.1) is 11.3 Å². The van der Waals surface area contributed by atoms with Crippen LogP contribution in [0.15, 0.2) is 36.4 Å². The van der Waals surface area contributed by atoms with Crippen molar-refractivity contribution in [2.45, 2.75) is 13.0 Å². The Morgan fingerprint density at radius 1 is 1.26 bits per heavy atom. The van der Waals surface area contributed by atoms with E-state index >= 15 is 0 Å². The van der Waals surface area contributed by atoms with Gasteiger partial charge in [0.25, 0.3) is 0 Å². The van der Waals surface area contributed by atoms with Crippen LogP contribution in [0.25, 0.3) is 11.0 Å². The molecule has 3 aromatic rings. The normalized spacial score (nSPS) is 10.7. The minimum atomic E-state index is 0.313. The molecule has 94 valence electrons. The van der Waals surface area contributed by atoms with Gasteiger partial charge >= 0.3 is 0 Å². The quantitative estimate of drug-likeness (QED) is 0.734. The Kier molecular flexibility index (Phi) is 3.24. The minimum Gasteiger partial charge on any atom is -0.322 e. The van der Waals surface area contributed by atoms with E-state index in [4.69, 9.17) is 16.9 Å². The Morgan fingerprint density at radius 3 is 2.84 bits per heavy atom. The van der Waals surface area contributed by atoms with Crippen LogP contribution < -0.4 is 0 Å². The van der Waals surface area contributed by atoms with Gasteiger partial charge in [0.05, 0.1) is 34.4 Å². The summed E-state index contributed by atoms with van der Waals surface area (Å²) in [5.41, 5.74) is 1.98. The highest BCUT2D eigenvalue weighted by molar-refractivity contribution is 7.16. The highest BCUT2D eigenvalue weighted by atomic mass is 35.5. The number of nitriles is 1. The summed E-state index contributed by atoms with van der Waals surface area (Å²) < 4.78 is 2.86. The standard InChI is InChI=1S/C14H10ClN3S/c15-13-6-5-10(19-13)9-18-12-4-2-1-3-11(12)17-14(18)7-8-16/h1-6H,7,9H2. The monoisotopic (exact) mass is 287 g/mol. The summed E-state index contributed by atoms with van der Waals surface area (Å²) in [6.45, 7) is 0.703. The Morgan fingerprint density at radius 2 is 2.11 bits per heavy atom. The van der Waals surface area contributed by atoms with E-state index in [1.54, 1.807) is 11.3 Å². The van der Waals surface area contributed by atoms with Crippen molar-refractivity contribution in [3.8, 4) is 6.07 Å². The zero-order valence-corrected chi connectivity index (χ0v) is 11.6. The molecule has 0 aliphatic rings. The molecule has 0 fully saturated rings. The van der Waals surface area contributed by atoms with E-state index in [0.29, 0.717) is 13.0 Å². The van der Waals surface area contributed by atoms with Crippen molar-refractivity contribution >= 4 is 34.0 Å². The number of fused-ring (bicyclic) bond motifs is 1. The van der Waals surface area contributed by atoms with Crippen LogP contribution in [-0.2, 0) is 13.0 Å². The molecule has 0 saturated heterocycles. The molecule has 1 aromatic carbocycles. The largest absolute Gasteiger partial charge is 0.322 e. The first-order valence-electron chi connectivity index (χ1n) is 5.83. The highest BCUT2D eigenvalue weighted by Crippen LogP contribution is 2.25. The zero-order valence-electron chi connectivity index (χ0n) is 10.0. The van der Waals surface area contributed by atoms with Crippen LogP contribution in [0, 0.1) is 11.3 Å². The van der Waals surface area contributed by atoms with Gasteiger partial charge in [-0.1, -0.05) is 23.7 Å². The summed E-state index contributed by atoms with van der Waals surface area (Å²) >= 11 is 7.52. The molecule has 0 bridgehead atoms. The van der Waals surface area contributed by atoms with Crippen molar-refractivity contribution in [1.29, 1.82) is 5.26 Å². The fourth-order valence-corrected chi connectivity index (χ4v) is 3.18. The van der Waals surface area contributed by atoms with E-state index in [1.807, 2.05) is 36.4 Å². The third-order valence-corrected chi connectivity index (χ3v) is 4.13. The third kappa shape index (κ3) is 2.35. The lowest BCUT2D eigenvalue weighted by Gasteiger charge is -2.05. The Balaban J connectivity index is 2.09. The molecule has 3 rings (SSSR count). The SMILES string of the molecule is N#CCc1nc2ccccc2n1Cc1ccc(Cl)s1. The third-order valence-electron chi connectivity index (χ3n) is 2.91. The number of aromatic nitrogens is 2. The first kappa shape index (κ1) is 12.2. The molecule has 0 aliphatic carbocycles. The van der Waals surface area contributed by atoms with Crippen LogP contribution in [0.5, 0.6) is 0 Å². The molecule has 0 amide bonds. The van der Waals surface area contributed by atoms with Crippen molar-refractivity contribution < 1.29 is 0 Å². The molecule has 2 aromatic heterocycles. The van der Waals surface area contributed by atoms with Gasteiger partial charge in [0, 0.05) is 4.88 Å². The molecule has 0 aliphatic heterocycles. The molecule has 19 heavy (non-hydrogen) atoms. The van der Waals surface area contributed by atoms with Gasteiger partial charge in [0.2, 0.25) is 0 Å². The fraction of sp³-hybridized carbons (Fsp3) is 0.143. The summed E-state index contributed by atoms with van der Waals surface area (Å²) in [7, 11) is 0. The van der Waals surface area contributed by atoms with E-state index in [9.17, 15) is 0 Å². The van der Waals surface area contributed by atoms with E-state index in [-0.39, 0.29) is 0 Å². The first-order chi connectivity index (χ1) is 9.28. The van der Waals surface area contributed by atoms with E-state index < -0.39 is 0 Å². The number of halogens is 1. The Labute approximate surface area is 119 Å². The van der Waals surface area contributed by atoms with Crippen molar-refractivity contribution in [3.05, 3.63) is 51.4 Å². The number of hydrogen-bond donors (Lipinski definition) is 0. The molecule has 0 saturated carbocycles. The van der Waals surface area contributed by atoms with Gasteiger partial charge in [-0.2, -0.15) is 5.26 Å². The molecule has 0 radical (unpaired) electrons. The number of benzene rings is 1. The Hall–Kier alpha value is -1.83. The van der Waals surface area contributed by atoms with Gasteiger partial charge in [-0.25, -0.2) is 4.98 Å². The average molecular weight is 288 g/mol. The predicted octanol–water partition coefficient (Wildman–Crippen LogP) is 3.87. The number of hydrogen-bond acceptors (Lipinski definition) is 3. The molecule has 2 heterocycles. The summed E-state index contributed by atoms with van der Waals surface area (Å²) in [4.78, 5) is 5.68. The maximum absolute atomic E-state index is 8.92. The molecule has 0 spiro atoms. The molecule has 5 heteroatoms. The highest BCUT2D eigenvalue weighted by Gasteiger charge is 2.11. The number of nitrogens with zero attached hydrogens (tertiary/aromatic N) is 3. The number of para-hydroxylation sites is 2. The number of rotatable bonds is 3. The molecule has 0 atom stereocenters. The second-order valence-electron chi connectivity index (χ2n) is 4.14. The maximum atomic E-state index is 8.92. The number of thiophene rings is 1. The van der Waals surface area contributed by atoms with Crippen molar-refractivity contribution in [2.24, 2.45) is 0 Å². The zero-order chi connectivity index (χ0) is 13.2. The number of imidazole rings is 1. The smallest absolute Gasteiger partial charge is 0.124 e. The van der Waals surface area contributed by atoms with Crippen LogP contribution >= 0.6 is 22.9 Å². The van der Waals surface area contributed by atoms with Crippen LogP contribution in [0.4, 0.5) is 0 Å². The topological polar surface area (TPSA) is 41.6 Å². The van der Waals surface area contributed by atoms with Gasteiger partial charge in [-0.05, 0) is 24.3 Å². The van der Waals surface area contributed by atoms with Crippen molar-refractivity contribution in [3.63, 3.8) is 0 Å². The maximum Gasteiger partial charge on any atom is 0.124 e. The average Bonchev–Trinajstić information content (AvgIpc) is 2.96. The molecule has 3 nitrogen and oxygen atoms in total. The van der Waals surface area contributed by atoms with Crippen LogP contribution in [0.3, 0.4) is 0 Å². The lowest BCUT2D eigenvalue weighted by atomic mass is 10.3. The predicted molar refractivity (Wildman–Crippen MR) is 77.5 cm³/mol. The van der Waals surface area contributed by atoms with E-state index in [2.05, 4.69) is 15.6 Å². The molecule has 0 unspecified atom stereocenters. The van der Waals surface area contributed by atoms with E-state index in [0.717, 1.165) is 26.1 Å². The summed E-state index contributed by atoms with van der Waals surface area (Å²) in [6.07, 6.45) is 0.313. The Bertz CT molecular complexity index is 766. The lowest BCUT2D eigenvalue weighted by Crippen LogP contribution is -2.03. The van der Waals surface area contributed by atoms with Gasteiger partial charge in [-0.3, -0.25) is 0 Å². The van der Waals surface area contributed by atoms with Crippen LogP contribution in [0.2, 0.25) is 4.34 Å². The van der Waals surface area contributed by atoms with Crippen molar-refractivity contribution in [2.75, 3.05) is 0 Å². The molecule has 0 N–H and O–H groups in total. The van der Waals surface area contributed by atoms with Gasteiger partial charge in [0.1, 0.15) is 5.82 Å². The molecular weight excluding hydrogens is 278 g/mol.